The number of halogens is 1. The van der Waals surface area contributed by atoms with Crippen LogP contribution in [0.15, 0.2) is 0 Å². The van der Waals surface area contributed by atoms with Crippen LogP contribution in [0, 0.1) is 5.92 Å². The second-order valence-corrected chi connectivity index (χ2v) is 3.68. The molecule has 2 atom stereocenters. The van der Waals surface area contributed by atoms with Crippen LogP contribution in [-0.4, -0.2) is 19.3 Å². The molecule has 13 heavy (non-hydrogen) atoms. The second kappa shape index (κ2) is 5.20. The van der Waals surface area contributed by atoms with Crippen molar-refractivity contribution in [2.24, 2.45) is 5.92 Å². The molecule has 1 rings (SSSR count). The lowest BCUT2D eigenvalue weighted by atomic mass is 9.84. The van der Waals surface area contributed by atoms with E-state index < -0.39 is 6.17 Å². The molecule has 2 nitrogen and oxygen atoms in total. The Bertz CT molecular complexity index is 170. The maximum atomic E-state index is 13.3. The van der Waals surface area contributed by atoms with Crippen molar-refractivity contribution >= 4 is 5.97 Å². The Balaban J connectivity index is 2.22. The van der Waals surface area contributed by atoms with Crippen molar-refractivity contribution in [1.29, 1.82) is 0 Å². The molecule has 3 heteroatoms. The van der Waals surface area contributed by atoms with Gasteiger partial charge in [-0.3, -0.25) is 4.79 Å². The van der Waals surface area contributed by atoms with Crippen LogP contribution in [0.1, 0.15) is 38.5 Å². The van der Waals surface area contributed by atoms with E-state index in [1.54, 1.807) is 0 Å². The summed E-state index contributed by atoms with van der Waals surface area (Å²) in [7, 11) is 1.37. The van der Waals surface area contributed by atoms with Crippen LogP contribution < -0.4 is 0 Å². The summed E-state index contributed by atoms with van der Waals surface area (Å²) in [5.41, 5.74) is 0. The molecule has 0 unspecified atom stereocenters. The minimum absolute atomic E-state index is 0.0906. The predicted octanol–water partition coefficient (Wildman–Crippen LogP) is 2.47. The van der Waals surface area contributed by atoms with Crippen molar-refractivity contribution < 1.29 is 13.9 Å². The highest BCUT2D eigenvalue weighted by atomic mass is 19.1. The summed E-state index contributed by atoms with van der Waals surface area (Å²) >= 11 is 0. The lowest BCUT2D eigenvalue weighted by Gasteiger charge is -2.25. The van der Waals surface area contributed by atoms with Gasteiger partial charge in [0.05, 0.1) is 7.11 Å². The molecular formula is C10H17FO2. The van der Waals surface area contributed by atoms with E-state index in [-0.39, 0.29) is 11.9 Å². The Morgan fingerprint density at radius 2 is 2.15 bits per heavy atom. The number of hydrogen-bond donors (Lipinski definition) is 0. The molecule has 0 saturated heterocycles. The number of ether oxygens (including phenoxy) is 1. The molecule has 76 valence electrons. The fourth-order valence-electron chi connectivity index (χ4n) is 1.89. The Hall–Kier alpha value is -0.600. The summed E-state index contributed by atoms with van der Waals surface area (Å²) in [5, 5.41) is 0. The largest absolute Gasteiger partial charge is 0.469 e. The molecule has 0 aliphatic heterocycles. The summed E-state index contributed by atoms with van der Waals surface area (Å²) < 4.78 is 17.8. The maximum absolute atomic E-state index is 13.3. The van der Waals surface area contributed by atoms with Crippen LogP contribution in [-0.2, 0) is 9.53 Å². The van der Waals surface area contributed by atoms with Crippen LogP contribution in [0.5, 0.6) is 0 Å². The zero-order valence-electron chi connectivity index (χ0n) is 8.09. The van der Waals surface area contributed by atoms with Crippen LogP contribution in [0.4, 0.5) is 4.39 Å². The predicted molar refractivity (Wildman–Crippen MR) is 48.1 cm³/mol. The number of carbonyl (C=O) groups excluding carboxylic acids is 1. The zero-order valence-corrected chi connectivity index (χ0v) is 8.09. The average molecular weight is 188 g/mol. The van der Waals surface area contributed by atoms with Gasteiger partial charge in [0.1, 0.15) is 6.17 Å². The van der Waals surface area contributed by atoms with E-state index in [4.69, 9.17) is 0 Å². The van der Waals surface area contributed by atoms with Crippen LogP contribution in [0.3, 0.4) is 0 Å². The first-order valence-corrected chi connectivity index (χ1v) is 4.95. The highest BCUT2D eigenvalue weighted by Gasteiger charge is 2.24. The summed E-state index contributed by atoms with van der Waals surface area (Å²) in [5.74, 6) is -0.134. The fraction of sp³-hybridized carbons (Fsp3) is 0.900. The van der Waals surface area contributed by atoms with Gasteiger partial charge in [-0.1, -0.05) is 12.8 Å². The molecule has 0 aromatic heterocycles. The Kier molecular flexibility index (Phi) is 4.19. The molecule has 0 radical (unpaired) electrons. The van der Waals surface area contributed by atoms with Crippen LogP contribution in [0.25, 0.3) is 0 Å². The van der Waals surface area contributed by atoms with Crippen molar-refractivity contribution in [3.05, 3.63) is 0 Å². The van der Waals surface area contributed by atoms with Gasteiger partial charge in [-0.25, -0.2) is 4.39 Å². The third kappa shape index (κ3) is 3.33. The van der Waals surface area contributed by atoms with Gasteiger partial charge >= 0.3 is 5.97 Å². The molecule has 0 heterocycles. The normalized spacial score (nSPS) is 28.5. The highest BCUT2D eigenvalue weighted by molar-refractivity contribution is 5.69. The molecule has 1 saturated carbocycles. The van der Waals surface area contributed by atoms with E-state index in [0.717, 1.165) is 19.3 Å². The third-order valence-corrected chi connectivity index (χ3v) is 2.76. The molecule has 0 bridgehead atoms. The van der Waals surface area contributed by atoms with E-state index in [0.29, 0.717) is 19.3 Å². The number of esters is 1. The first-order chi connectivity index (χ1) is 6.24. The minimum Gasteiger partial charge on any atom is -0.469 e. The fourth-order valence-corrected chi connectivity index (χ4v) is 1.89. The Morgan fingerprint density at radius 1 is 1.46 bits per heavy atom. The number of methoxy groups -OCH3 is 1. The standard InChI is InChI=1S/C10H17FO2/c1-13-10(12)7-6-8-4-2-3-5-9(8)11/h8-9H,2-7H2,1H3/t8-,9+/m0/s1. The zero-order chi connectivity index (χ0) is 9.68. The molecule has 0 N–H and O–H groups in total. The van der Waals surface area contributed by atoms with E-state index in [1.807, 2.05) is 0 Å². The van der Waals surface area contributed by atoms with Gasteiger partial charge in [-0.2, -0.15) is 0 Å². The molecular weight excluding hydrogens is 171 g/mol. The van der Waals surface area contributed by atoms with Crippen LogP contribution >= 0.6 is 0 Å². The lowest BCUT2D eigenvalue weighted by molar-refractivity contribution is -0.141. The molecule has 0 aromatic carbocycles. The quantitative estimate of drug-likeness (QED) is 0.636. The van der Waals surface area contributed by atoms with Crippen molar-refractivity contribution in [3.63, 3.8) is 0 Å². The van der Waals surface area contributed by atoms with E-state index >= 15 is 0 Å². The van der Waals surface area contributed by atoms with Crippen molar-refractivity contribution in [1.82, 2.24) is 0 Å². The van der Waals surface area contributed by atoms with Crippen molar-refractivity contribution in [2.75, 3.05) is 7.11 Å². The molecule has 0 spiro atoms. The molecule has 0 amide bonds. The molecule has 1 fully saturated rings. The van der Waals surface area contributed by atoms with Gasteiger partial charge in [0.15, 0.2) is 0 Å². The molecule has 1 aliphatic carbocycles. The first kappa shape index (κ1) is 10.5. The summed E-state index contributed by atoms with van der Waals surface area (Å²) in [4.78, 5) is 10.8. The summed E-state index contributed by atoms with van der Waals surface area (Å²) in [6.45, 7) is 0. The van der Waals surface area contributed by atoms with E-state index in [1.165, 1.54) is 7.11 Å². The summed E-state index contributed by atoms with van der Waals surface area (Å²) in [6.07, 6.45) is 4.01. The van der Waals surface area contributed by atoms with Crippen molar-refractivity contribution in [3.8, 4) is 0 Å². The second-order valence-electron chi connectivity index (χ2n) is 3.68. The smallest absolute Gasteiger partial charge is 0.305 e. The van der Waals surface area contributed by atoms with Gasteiger partial charge in [0, 0.05) is 6.42 Å². The third-order valence-electron chi connectivity index (χ3n) is 2.76. The monoisotopic (exact) mass is 188 g/mol. The lowest BCUT2D eigenvalue weighted by Crippen LogP contribution is -2.21. The van der Waals surface area contributed by atoms with Gasteiger partial charge in [-0.05, 0) is 25.2 Å². The summed E-state index contributed by atoms with van der Waals surface area (Å²) in [6, 6.07) is 0. The van der Waals surface area contributed by atoms with Gasteiger partial charge < -0.3 is 4.74 Å². The van der Waals surface area contributed by atoms with E-state index in [9.17, 15) is 9.18 Å². The number of hydrogen-bond acceptors (Lipinski definition) is 2. The molecule has 0 aromatic rings. The van der Waals surface area contributed by atoms with Gasteiger partial charge in [0.25, 0.3) is 0 Å². The van der Waals surface area contributed by atoms with Crippen molar-refractivity contribution in [2.45, 2.75) is 44.7 Å². The number of carbonyl (C=O) groups is 1. The number of rotatable bonds is 3. The highest BCUT2D eigenvalue weighted by Crippen LogP contribution is 2.30. The van der Waals surface area contributed by atoms with Gasteiger partial charge in [-0.15, -0.1) is 0 Å². The van der Waals surface area contributed by atoms with E-state index in [2.05, 4.69) is 4.74 Å². The Morgan fingerprint density at radius 3 is 2.77 bits per heavy atom. The number of alkyl halides is 1. The SMILES string of the molecule is COC(=O)CC[C@@H]1CCCC[C@H]1F. The topological polar surface area (TPSA) is 26.3 Å². The van der Waals surface area contributed by atoms with Crippen LogP contribution in [0.2, 0.25) is 0 Å². The average Bonchev–Trinajstić information content (AvgIpc) is 2.16. The first-order valence-electron chi connectivity index (χ1n) is 4.95. The molecule has 1 aliphatic rings. The van der Waals surface area contributed by atoms with Gasteiger partial charge in [0.2, 0.25) is 0 Å². The Labute approximate surface area is 78.5 Å². The maximum Gasteiger partial charge on any atom is 0.305 e. The minimum atomic E-state index is -0.696.